The van der Waals surface area contributed by atoms with Crippen molar-refractivity contribution in [3.63, 3.8) is 0 Å². The third-order valence-electron chi connectivity index (χ3n) is 5.97. The van der Waals surface area contributed by atoms with E-state index in [-0.39, 0.29) is 17.4 Å². The summed E-state index contributed by atoms with van der Waals surface area (Å²) >= 11 is 0. The molecular formula is C24H24N8O2. The highest BCUT2D eigenvalue weighted by Gasteiger charge is 2.22. The molecule has 2 N–H and O–H groups in total. The Kier molecular flexibility index (Phi) is 5.20. The van der Waals surface area contributed by atoms with E-state index in [0.717, 1.165) is 28.9 Å². The molecular weight excluding hydrogens is 432 g/mol. The number of aromatic nitrogens is 7. The topological polar surface area (TPSA) is 126 Å². The number of hydrogen-bond donors (Lipinski definition) is 2. The highest BCUT2D eigenvalue weighted by atomic mass is 16.3. The predicted octanol–water partition coefficient (Wildman–Crippen LogP) is 3.38. The van der Waals surface area contributed by atoms with Crippen LogP contribution in [0.4, 0.5) is 0 Å². The largest absolute Gasteiger partial charge is 0.508 e. The van der Waals surface area contributed by atoms with Crippen LogP contribution in [0, 0.1) is 13.8 Å². The van der Waals surface area contributed by atoms with E-state index >= 15 is 0 Å². The summed E-state index contributed by atoms with van der Waals surface area (Å²) in [7, 11) is 1.72. The quantitative estimate of drug-likeness (QED) is 0.415. The van der Waals surface area contributed by atoms with E-state index in [9.17, 15) is 9.90 Å². The zero-order valence-corrected chi connectivity index (χ0v) is 19.4. The summed E-state index contributed by atoms with van der Waals surface area (Å²) in [6.07, 6.45) is 3.42. The van der Waals surface area contributed by atoms with E-state index in [4.69, 9.17) is 0 Å². The van der Waals surface area contributed by atoms with E-state index in [0.29, 0.717) is 34.5 Å². The van der Waals surface area contributed by atoms with Gasteiger partial charge < -0.3 is 10.0 Å². The summed E-state index contributed by atoms with van der Waals surface area (Å²) in [4.78, 5) is 29.1. The third-order valence-corrected chi connectivity index (χ3v) is 5.97. The lowest BCUT2D eigenvalue weighted by Crippen LogP contribution is -2.28. The molecule has 0 saturated carbocycles. The molecule has 5 rings (SSSR count). The van der Waals surface area contributed by atoms with Crippen LogP contribution in [0.2, 0.25) is 0 Å². The molecule has 4 heterocycles. The van der Waals surface area contributed by atoms with Gasteiger partial charge in [-0.25, -0.2) is 15.0 Å². The number of phenolic OH excluding ortho intramolecular Hbond substituents is 1. The zero-order chi connectivity index (χ0) is 24.0. The van der Waals surface area contributed by atoms with Gasteiger partial charge in [0, 0.05) is 36.8 Å². The molecule has 0 aliphatic rings. The van der Waals surface area contributed by atoms with Gasteiger partial charge in [-0.15, -0.1) is 0 Å². The number of nitrogens with zero attached hydrogens (tertiary/aromatic N) is 7. The molecule has 5 aromatic rings. The number of aromatic hydroxyl groups is 1. The van der Waals surface area contributed by atoms with Crippen LogP contribution < -0.4 is 0 Å². The molecule has 1 amide bonds. The second-order valence-electron chi connectivity index (χ2n) is 8.29. The number of fused-ring (bicyclic) bond motifs is 2. The Morgan fingerprint density at radius 2 is 1.94 bits per heavy atom. The molecule has 0 spiro atoms. The summed E-state index contributed by atoms with van der Waals surface area (Å²) in [5.41, 5.74) is 5.64. The van der Waals surface area contributed by atoms with Gasteiger partial charge in [-0.2, -0.15) is 10.2 Å². The zero-order valence-electron chi connectivity index (χ0n) is 19.4. The smallest absolute Gasteiger partial charge is 0.273 e. The molecule has 0 aliphatic heterocycles. The van der Waals surface area contributed by atoms with Crippen LogP contribution in [0.5, 0.6) is 5.75 Å². The fourth-order valence-electron chi connectivity index (χ4n) is 4.06. The number of phenols is 1. The van der Waals surface area contributed by atoms with Crippen molar-refractivity contribution in [2.45, 2.75) is 33.9 Å². The van der Waals surface area contributed by atoms with Crippen LogP contribution in [-0.4, -0.2) is 57.9 Å². The lowest BCUT2D eigenvalue weighted by molar-refractivity contribution is 0.0781. The molecule has 4 aromatic heterocycles. The predicted molar refractivity (Wildman–Crippen MR) is 127 cm³/mol. The first-order valence-corrected chi connectivity index (χ1v) is 10.9. The van der Waals surface area contributed by atoms with Crippen molar-refractivity contribution in [1.82, 2.24) is 39.8 Å². The molecule has 0 radical (unpaired) electrons. The van der Waals surface area contributed by atoms with E-state index in [2.05, 4.69) is 30.2 Å². The second-order valence-corrected chi connectivity index (χ2v) is 8.29. The Morgan fingerprint density at radius 1 is 1.12 bits per heavy atom. The Balaban J connectivity index is 1.61. The van der Waals surface area contributed by atoms with Gasteiger partial charge in [0.05, 0.1) is 23.4 Å². The summed E-state index contributed by atoms with van der Waals surface area (Å²) in [5.74, 6) is 0.0882. The van der Waals surface area contributed by atoms with Crippen molar-refractivity contribution >= 4 is 27.8 Å². The summed E-state index contributed by atoms with van der Waals surface area (Å²) in [6.45, 7) is 7.06. The Bertz CT molecular complexity index is 1550. The van der Waals surface area contributed by atoms with Gasteiger partial charge in [0.2, 0.25) is 0 Å². The summed E-state index contributed by atoms with van der Waals surface area (Å²) < 4.78 is 1.89. The first kappa shape index (κ1) is 21.5. The summed E-state index contributed by atoms with van der Waals surface area (Å²) in [6, 6.07) is 6.66. The van der Waals surface area contributed by atoms with Gasteiger partial charge in [-0.1, -0.05) is 0 Å². The molecule has 10 nitrogen and oxygen atoms in total. The van der Waals surface area contributed by atoms with Crippen molar-refractivity contribution in [1.29, 1.82) is 0 Å². The van der Waals surface area contributed by atoms with Gasteiger partial charge in [-0.05, 0) is 50.6 Å². The number of carbonyl (C=O) groups is 1. The van der Waals surface area contributed by atoms with Crippen molar-refractivity contribution < 1.29 is 9.90 Å². The number of amides is 1. The maximum atomic E-state index is 13.6. The van der Waals surface area contributed by atoms with Crippen LogP contribution in [0.15, 0.2) is 36.7 Å². The summed E-state index contributed by atoms with van der Waals surface area (Å²) in [5, 5.41) is 21.9. The monoisotopic (exact) mass is 456 g/mol. The third kappa shape index (κ3) is 3.62. The van der Waals surface area contributed by atoms with Gasteiger partial charge in [-0.3, -0.25) is 14.6 Å². The van der Waals surface area contributed by atoms with Crippen molar-refractivity contribution in [2.75, 3.05) is 7.05 Å². The fourth-order valence-corrected chi connectivity index (χ4v) is 4.06. The minimum absolute atomic E-state index is 0.0368. The van der Waals surface area contributed by atoms with Crippen molar-refractivity contribution in [2.24, 2.45) is 0 Å². The van der Waals surface area contributed by atoms with Crippen LogP contribution in [0.3, 0.4) is 0 Å². The van der Waals surface area contributed by atoms with Gasteiger partial charge >= 0.3 is 0 Å². The number of carbonyl (C=O) groups excluding carboxylic acids is 1. The molecule has 0 bridgehead atoms. The highest BCUT2D eigenvalue weighted by molar-refractivity contribution is 6.05. The molecule has 34 heavy (non-hydrogen) atoms. The number of pyridine rings is 1. The molecule has 0 fully saturated rings. The molecule has 0 saturated heterocycles. The maximum Gasteiger partial charge on any atom is 0.273 e. The average molecular weight is 457 g/mol. The Labute approximate surface area is 195 Å². The van der Waals surface area contributed by atoms with Crippen LogP contribution in [0.25, 0.3) is 33.5 Å². The van der Waals surface area contributed by atoms with Crippen LogP contribution in [-0.2, 0) is 13.1 Å². The normalized spacial score (nSPS) is 11.4. The molecule has 0 aliphatic carbocycles. The standard InChI is InChI=1S/C24H24N8O2/c1-5-32-14(3)15(10-26-32)12-31(4)24(34)22-17-9-16(33)6-7-18(17)28-23(29-22)21-13(2)8-19-20(27-21)11-25-30-19/h6-11,33H,5,12H2,1-4H3,(H,25,30). The van der Waals surface area contributed by atoms with Gasteiger partial charge in [0.25, 0.3) is 5.91 Å². The first-order chi connectivity index (χ1) is 16.4. The Morgan fingerprint density at radius 3 is 2.71 bits per heavy atom. The average Bonchev–Trinajstić information content (AvgIpc) is 3.43. The lowest BCUT2D eigenvalue weighted by atomic mass is 10.1. The van der Waals surface area contributed by atoms with Gasteiger partial charge in [0.15, 0.2) is 5.82 Å². The van der Waals surface area contributed by atoms with E-state index < -0.39 is 0 Å². The SMILES string of the molecule is CCn1ncc(CN(C)C(=O)c2nc(-c3nc4cn[nH]c4cc3C)nc3ccc(O)cc23)c1C. The van der Waals surface area contributed by atoms with E-state index in [1.165, 1.54) is 6.07 Å². The van der Waals surface area contributed by atoms with E-state index in [1.54, 1.807) is 36.5 Å². The number of benzene rings is 1. The van der Waals surface area contributed by atoms with Gasteiger partial charge in [0.1, 0.15) is 22.7 Å². The van der Waals surface area contributed by atoms with Crippen LogP contribution in [0.1, 0.15) is 34.2 Å². The number of aromatic amines is 1. The number of nitrogens with one attached hydrogen (secondary N) is 1. The van der Waals surface area contributed by atoms with Crippen molar-refractivity contribution in [3.8, 4) is 17.3 Å². The highest BCUT2D eigenvalue weighted by Crippen LogP contribution is 2.28. The number of H-pyrrole nitrogens is 1. The number of aryl methyl sites for hydroxylation is 2. The fraction of sp³-hybridized carbons (Fsp3) is 0.250. The molecule has 1 aromatic carbocycles. The number of rotatable bonds is 5. The minimum Gasteiger partial charge on any atom is -0.508 e. The lowest BCUT2D eigenvalue weighted by Gasteiger charge is -2.18. The second kappa shape index (κ2) is 8.22. The van der Waals surface area contributed by atoms with Crippen molar-refractivity contribution in [3.05, 3.63) is 59.2 Å². The number of hydrogen-bond acceptors (Lipinski definition) is 7. The molecule has 10 heteroatoms. The molecule has 172 valence electrons. The first-order valence-electron chi connectivity index (χ1n) is 10.9. The minimum atomic E-state index is -0.287. The maximum absolute atomic E-state index is 13.6. The Hall–Kier alpha value is -4.34. The molecule has 0 unspecified atom stereocenters. The molecule has 0 atom stereocenters. The van der Waals surface area contributed by atoms with E-state index in [1.807, 2.05) is 31.5 Å². The van der Waals surface area contributed by atoms with Crippen LogP contribution >= 0.6 is 0 Å².